The number of nitrogen functional groups attached to an aromatic ring is 1. The molecule has 0 saturated heterocycles. The molecule has 0 aliphatic rings. The zero-order chi connectivity index (χ0) is 24.1. The smallest absolute Gasteiger partial charge is 0.329 e. The Bertz CT molecular complexity index is 1300. The number of anilines is 4. The van der Waals surface area contributed by atoms with Gasteiger partial charge in [-0.25, -0.2) is 4.79 Å². The summed E-state index contributed by atoms with van der Waals surface area (Å²) in [5, 5.41) is 14.4. The van der Waals surface area contributed by atoms with Gasteiger partial charge in [-0.2, -0.15) is 0 Å². The minimum absolute atomic E-state index is 0.0967. The first kappa shape index (κ1) is 24.2. The molecule has 0 aliphatic heterocycles. The summed E-state index contributed by atoms with van der Waals surface area (Å²) in [5.41, 5.74) is 5.65. The molecule has 0 bridgehead atoms. The number of nitrogens with two attached hydrogens (primary N) is 1. The molecule has 0 saturated carbocycles. The van der Waals surface area contributed by atoms with Crippen LogP contribution in [0.2, 0.25) is 0 Å². The van der Waals surface area contributed by atoms with E-state index in [9.17, 15) is 19.2 Å². The first-order chi connectivity index (χ1) is 15.6. The number of amides is 1. The van der Waals surface area contributed by atoms with E-state index in [4.69, 9.17) is 5.73 Å². The van der Waals surface area contributed by atoms with E-state index in [2.05, 4.69) is 25.8 Å². The molecule has 2 aromatic heterocycles. The van der Waals surface area contributed by atoms with Crippen molar-refractivity contribution in [2.24, 2.45) is 5.92 Å². The molecule has 5 N–H and O–H groups in total. The third-order valence-electron chi connectivity index (χ3n) is 4.23. The van der Waals surface area contributed by atoms with Crippen LogP contribution in [0, 0.1) is 5.92 Å². The first-order valence-corrected chi connectivity index (χ1v) is 11.7. The van der Waals surface area contributed by atoms with E-state index in [1.807, 2.05) is 19.9 Å². The van der Waals surface area contributed by atoms with Gasteiger partial charge in [0, 0.05) is 24.8 Å². The number of benzene rings is 1. The van der Waals surface area contributed by atoms with Gasteiger partial charge in [0.05, 0.1) is 5.75 Å². The Hall–Kier alpha value is -3.45. The normalized spacial score (nSPS) is 10.9. The lowest BCUT2D eigenvalue weighted by atomic mass is 10.2. The zero-order valence-corrected chi connectivity index (χ0v) is 19.8. The van der Waals surface area contributed by atoms with Crippen LogP contribution in [0.4, 0.5) is 22.3 Å². The van der Waals surface area contributed by atoms with Crippen molar-refractivity contribution in [3.63, 3.8) is 0 Å². The number of nitrogens with one attached hydrogen (secondary N) is 3. The van der Waals surface area contributed by atoms with Crippen LogP contribution in [0.1, 0.15) is 31.1 Å². The van der Waals surface area contributed by atoms with Crippen LogP contribution < -0.4 is 27.6 Å². The van der Waals surface area contributed by atoms with Crippen molar-refractivity contribution in [3.8, 4) is 0 Å². The summed E-state index contributed by atoms with van der Waals surface area (Å²) in [6, 6.07) is 7.10. The third kappa shape index (κ3) is 6.29. The third-order valence-corrected chi connectivity index (χ3v) is 6.21. The topological polar surface area (TPSA) is 165 Å². The molecular weight excluding hydrogens is 466 g/mol. The maximum Gasteiger partial charge on any atom is 0.329 e. The SMILES string of the molecule is CC(=O)Nc1cccc(Nc2nnc(SCC(=O)c3c(N)n(CC(C)C)c(=O)[nH]c3=O)s2)c1. The van der Waals surface area contributed by atoms with Gasteiger partial charge in [-0.3, -0.25) is 23.9 Å². The Morgan fingerprint density at radius 2 is 1.97 bits per heavy atom. The number of Topliss-reactive ketones (excluding diaryl/α,β-unsaturated/α-hetero) is 1. The van der Waals surface area contributed by atoms with Crippen LogP contribution in [0.5, 0.6) is 0 Å². The van der Waals surface area contributed by atoms with Gasteiger partial charge in [-0.05, 0) is 24.1 Å². The molecule has 174 valence electrons. The molecule has 13 heteroatoms. The maximum absolute atomic E-state index is 12.7. The number of hydrogen-bond donors (Lipinski definition) is 4. The molecule has 3 rings (SSSR count). The standard InChI is InChI=1S/C20H23N7O4S2/c1-10(2)8-27-16(21)15(17(30)24-19(27)31)14(29)9-32-20-26-25-18(33-20)23-13-6-4-5-12(7-13)22-11(3)28/h4-7,10H,8-9,21H2,1-3H3,(H,22,28)(H,23,25)(H,24,30,31). The second-order valence-corrected chi connectivity index (χ2v) is 9.70. The number of rotatable bonds is 9. The fourth-order valence-electron chi connectivity index (χ4n) is 2.92. The Morgan fingerprint density at radius 3 is 2.67 bits per heavy atom. The van der Waals surface area contributed by atoms with Crippen LogP contribution >= 0.6 is 23.1 Å². The molecule has 2 heterocycles. The number of H-pyrrole nitrogens is 1. The molecule has 0 radical (unpaired) electrons. The predicted octanol–water partition coefficient (Wildman–Crippen LogP) is 2.30. The van der Waals surface area contributed by atoms with Crippen molar-refractivity contribution in [1.29, 1.82) is 0 Å². The van der Waals surface area contributed by atoms with E-state index < -0.39 is 17.0 Å². The summed E-state index contributed by atoms with van der Waals surface area (Å²) in [6.07, 6.45) is 0. The van der Waals surface area contributed by atoms with Crippen LogP contribution in [0.3, 0.4) is 0 Å². The van der Waals surface area contributed by atoms with E-state index >= 15 is 0 Å². The molecule has 0 spiro atoms. The Balaban J connectivity index is 1.69. The number of aromatic nitrogens is 4. The number of carbonyl (C=O) groups excluding carboxylic acids is 2. The average molecular weight is 490 g/mol. The van der Waals surface area contributed by atoms with Crippen LogP contribution in [0.15, 0.2) is 38.2 Å². The van der Waals surface area contributed by atoms with Gasteiger partial charge < -0.3 is 16.4 Å². The fourth-order valence-corrected chi connectivity index (χ4v) is 4.57. The molecule has 11 nitrogen and oxygen atoms in total. The number of ketones is 1. The van der Waals surface area contributed by atoms with Gasteiger partial charge >= 0.3 is 5.69 Å². The Kier molecular flexibility index (Phi) is 7.66. The zero-order valence-electron chi connectivity index (χ0n) is 18.2. The van der Waals surface area contributed by atoms with E-state index in [0.29, 0.717) is 20.8 Å². The second kappa shape index (κ2) is 10.4. The van der Waals surface area contributed by atoms with E-state index in [0.717, 1.165) is 11.8 Å². The van der Waals surface area contributed by atoms with Gasteiger partial charge in [0.2, 0.25) is 11.0 Å². The molecule has 1 amide bonds. The average Bonchev–Trinajstić information content (AvgIpc) is 3.16. The largest absolute Gasteiger partial charge is 0.384 e. The molecule has 0 atom stereocenters. The Labute approximate surface area is 196 Å². The Morgan fingerprint density at radius 1 is 1.24 bits per heavy atom. The molecule has 1 aromatic carbocycles. The van der Waals surface area contributed by atoms with Gasteiger partial charge in [0.25, 0.3) is 5.56 Å². The maximum atomic E-state index is 12.7. The van der Waals surface area contributed by atoms with E-state index in [-0.39, 0.29) is 35.5 Å². The molecule has 3 aromatic rings. The number of carbonyl (C=O) groups is 2. The van der Waals surface area contributed by atoms with Gasteiger partial charge in [-0.15, -0.1) is 10.2 Å². The van der Waals surface area contributed by atoms with Crippen molar-refractivity contribution in [1.82, 2.24) is 19.7 Å². The molecule has 0 unspecified atom stereocenters. The minimum Gasteiger partial charge on any atom is -0.384 e. The molecule has 0 aliphatic carbocycles. The minimum atomic E-state index is -0.804. The van der Waals surface area contributed by atoms with Crippen LogP contribution in [0.25, 0.3) is 0 Å². The highest BCUT2D eigenvalue weighted by atomic mass is 32.2. The monoisotopic (exact) mass is 489 g/mol. The summed E-state index contributed by atoms with van der Waals surface area (Å²) >= 11 is 2.34. The quantitative estimate of drug-likeness (QED) is 0.261. The molecule has 0 fully saturated rings. The van der Waals surface area contributed by atoms with Crippen molar-refractivity contribution in [2.45, 2.75) is 31.7 Å². The highest BCUT2D eigenvalue weighted by Gasteiger charge is 2.20. The van der Waals surface area contributed by atoms with E-state index in [1.54, 1.807) is 18.2 Å². The molecule has 33 heavy (non-hydrogen) atoms. The fraction of sp³-hybridized carbons (Fsp3) is 0.300. The van der Waals surface area contributed by atoms with Crippen LogP contribution in [-0.2, 0) is 11.3 Å². The summed E-state index contributed by atoms with van der Waals surface area (Å²) in [6.45, 7) is 5.50. The number of hydrogen-bond acceptors (Lipinski definition) is 10. The lowest BCUT2D eigenvalue weighted by molar-refractivity contribution is -0.114. The van der Waals surface area contributed by atoms with E-state index in [1.165, 1.54) is 22.8 Å². The lowest BCUT2D eigenvalue weighted by Gasteiger charge is -2.13. The second-order valence-electron chi connectivity index (χ2n) is 7.50. The van der Waals surface area contributed by atoms with Gasteiger partial charge in [-0.1, -0.05) is 43.0 Å². The number of thioether (sulfide) groups is 1. The van der Waals surface area contributed by atoms with Crippen LogP contribution in [-0.4, -0.2) is 37.2 Å². The van der Waals surface area contributed by atoms with Crippen molar-refractivity contribution in [3.05, 3.63) is 50.7 Å². The van der Waals surface area contributed by atoms with Crippen molar-refractivity contribution >= 4 is 57.1 Å². The number of nitrogens with zero attached hydrogens (tertiary/aromatic N) is 3. The van der Waals surface area contributed by atoms with Gasteiger partial charge in [0.1, 0.15) is 11.4 Å². The van der Waals surface area contributed by atoms with Gasteiger partial charge in [0.15, 0.2) is 10.1 Å². The highest BCUT2D eigenvalue weighted by molar-refractivity contribution is 8.01. The first-order valence-electron chi connectivity index (χ1n) is 9.90. The summed E-state index contributed by atoms with van der Waals surface area (Å²) < 4.78 is 1.71. The summed E-state index contributed by atoms with van der Waals surface area (Å²) in [7, 11) is 0. The molecular formula is C20H23N7O4S2. The summed E-state index contributed by atoms with van der Waals surface area (Å²) in [4.78, 5) is 50.3. The predicted molar refractivity (Wildman–Crippen MR) is 130 cm³/mol. The van der Waals surface area contributed by atoms with Crippen molar-refractivity contribution < 1.29 is 9.59 Å². The number of aromatic amines is 1. The lowest BCUT2D eigenvalue weighted by Crippen LogP contribution is -2.37. The van der Waals surface area contributed by atoms with Crippen molar-refractivity contribution in [2.75, 3.05) is 22.1 Å². The summed E-state index contributed by atoms with van der Waals surface area (Å²) in [5.74, 6) is -0.824. The highest BCUT2D eigenvalue weighted by Crippen LogP contribution is 2.29.